The van der Waals surface area contributed by atoms with E-state index in [1.807, 2.05) is 37.8 Å². The number of benzene rings is 1. The second-order valence-corrected chi connectivity index (χ2v) is 15.5. The van der Waals surface area contributed by atoms with Gasteiger partial charge in [0.05, 0.1) is 43.6 Å². The highest BCUT2D eigenvalue weighted by Gasteiger charge is 2.55. The second-order valence-electron chi connectivity index (χ2n) is 10.2. The van der Waals surface area contributed by atoms with Crippen molar-refractivity contribution >= 4 is 36.6 Å². The summed E-state index contributed by atoms with van der Waals surface area (Å²) in [5.41, 5.74) is 13.0. The Kier molecular flexibility index (Phi) is 5.15. The molecule has 2 unspecified atom stereocenters. The molecular weight excluding hydrogens is 464 g/mol. The normalized spacial score (nSPS) is 20.7. The minimum absolute atomic E-state index is 0.100. The topological polar surface area (TPSA) is 140 Å². The number of pyridine rings is 2. The van der Waals surface area contributed by atoms with E-state index in [-0.39, 0.29) is 12.0 Å². The van der Waals surface area contributed by atoms with Crippen molar-refractivity contribution in [2.75, 3.05) is 12.3 Å². The Morgan fingerprint density at radius 3 is 2.66 bits per heavy atom. The minimum atomic E-state index is -2.21. The largest absolute Gasteiger partial charge is 0.458 e. The zero-order chi connectivity index (χ0) is 25.3. The van der Waals surface area contributed by atoms with Crippen LogP contribution in [0.1, 0.15) is 35.8 Å². The van der Waals surface area contributed by atoms with Gasteiger partial charge in [-0.3, -0.25) is 9.59 Å². The maximum Gasteiger partial charge on any atom is 0.355 e. The Hall–Kier alpha value is -3.50. The van der Waals surface area contributed by atoms with Gasteiger partial charge in [0, 0.05) is 22.2 Å². The second kappa shape index (κ2) is 7.75. The van der Waals surface area contributed by atoms with Gasteiger partial charge in [-0.05, 0) is 36.8 Å². The van der Waals surface area contributed by atoms with E-state index in [0.29, 0.717) is 34.7 Å². The first kappa shape index (κ1) is 23.2. The van der Waals surface area contributed by atoms with Crippen molar-refractivity contribution in [2.45, 2.75) is 50.9 Å². The average molecular weight is 493 g/mol. The third-order valence-electron chi connectivity index (χ3n) is 6.82. The van der Waals surface area contributed by atoms with Gasteiger partial charge in [0.25, 0.3) is 5.56 Å². The zero-order valence-electron chi connectivity index (χ0n) is 20.2. The zero-order valence-corrected chi connectivity index (χ0v) is 21.2. The Morgan fingerprint density at radius 2 is 2.00 bits per heavy atom. The van der Waals surface area contributed by atoms with Crippen molar-refractivity contribution in [1.82, 2.24) is 9.55 Å². The number of esters is 2. The van der Waals surface area contributed by atoms with Crippen LogP contribution in [0.2, 0.25) is 19.6 Å². The molecule has 0 radical (unpaired) electrons. The summed E-state index contributed by atoms with van der Waals surface area (Å²) in [4.78, 5) is 44.6. The van der Waals surface area contributed by atoms with Crippen LogP contribution in [0.15, 0.2) is 35.1 Å². The summed E-state index contributed by atoms with van der Waals surface area (Å²) in [6, 6.07) is 9.22. The molecule has 4 N–H and O–H groups in total. The molecule has 0 saturated carbocycles. The lowest BCUT2D eigenvalue weighted by atomic mass is 9.85. The van der Waals surface area contributed by atoms with Crippen LogP contribution in [0.25, 0.3) is 22.3 Å². The summed E-state index contributed by atoms with van der Waals surface area (Å²) in [6.45, 7) is 7.76. The number of anilines is 1. The first-order valence-electron chi connectivity index (χ1n) is 11.6. The molecule has 3 aromatic rings. The van der Waals surface area contributed by atoms with E-state index in [0.717, 1.165) is 16.5 Å². The average Bonchev–Trinajstić information content (AvgIpc) is 3.16. The van der Waals surface area contributed by atoms with Gasteiger partial charge < -0.3 is 25.5 Å². The maximum absolute atomic E-state index is 14.0. The van der Waals surface area contributed by atoms with Crippen molar-refractivity contribution in [3.05, 3.63) is 57.4 Å². The number of ether oxygens (including phenoxy) is 2. The lowest BCUT2D eigenvalue weighted by Crippen LogP contribution is -2.53. The van der Waals surface area contributed by atoms with Crippen molar-refractivity contribution in [2.24, 2.45) is 5.73 Å². The van der Waals surface area contributed by atoms with Gasteiger partial charge in [-0.1, -0.05) is 26.6 Å². The molecule has 4 heterocycles. The van der Waals surface area contributed by atoms with Crippen LogP contribution in [0.5, 0.6) is 0 Å². The van der Waals surface area contributed by atoms with E-state index >= 15 is 0 Å². The Morgan fingerprint density at radius 1 is 1.26 bits per heavy atom. The standard InChI is InChI=1S/C25H28N4O5Si/c1-5-25(34-19(30)11-26)16-10-18-21-14(8-13-9-15(27)6-7-17(13)28-21)12-29(18)22(31)20(16)23(33-24(25)32)35(2,3)4/h6-10,23H,5,11-12,26-27H2,1-4H3. The molecule has 2 aliphatic heterocycles. The van der Waals surface area contributed by atoms with Crippen LogP contribution in [0.3, 0.4) is 0 Å². The molecule has 5 rings (SSSR count). The molecule has 0 amide bonds. The third-order valence-corrected chi connectivity index (χ3v) is 8.80. The number of nitrogen functional groups attached to an aromatic ring is 1. The van der Waals surface area contributed by atoms with E-state index in [4.69, 9.17) is 25.9 Å². The van der Waals surface area contributed by atoms with E-state index in [2.05, 4.69) is 0 Å². The summed E-state index contributed by atoms with van der Waals surface area (Å²) in [5, 5.41) is 0.882. The maximum atomic E-state index is 14.0. The number of hydrogen-bond donors (Lipinski definition) is 2. The summed E-state index contributed by atoms with van der Waals surface area (Å²) >= 11 is 0. The molecule has 0 bridgehead atoms. The first-order valence-corrected chi connectivity index (χ1v) is 15.2. The van der Waals surface area contributed by atoms with Gasteiger partial charge in [-0.2, -0.15) is 0 Å². The molecule has 1 aromatic carbocycles. The van der Waals surface area contributed by atoms with Gasteiger partial charge in [-0.15, -0.1) is 0 Å². The fourth-order valence-corrected chi connectivity index (χ4v) is 6.68. The SMILES string of the molecule is CCC1(OC(=O)CN)C(=O)OC([Si](C)(C)C)c2c1cc1n(c2=O)Cc2cc3cc(N)ccc3nc2-1. The van der Waals surface area contributed by atoms with Crippen molar-refractivity contribution in [3.8, 4) is 11.4 Å². The molecular formula is C25H28N4O5Si. The number of aromatic nitrogens is 2. The van der Waals surface area contributed by atoms with Gasteiger partial charge in [-0.25, -0.2) is 9.78 Å². The Balaban J connectivity index is 1.82. The molecule has 2 atom stereocenters. The van der Waals surface area contributed by atoms with E-state index in [1.165, 1.54) is 0 Å². The summed E-state index contributed by atoms with van der Waals surface area (Å²) < 4.78 is 13.2. The Bertz CT molecular complexity index is 1480. The van der Waals surface area contributed by atoms with Crippen LogP contribution >= 0.6 is 0 Å². The first-order chi connectivity index (χ1) is 16.5. The molecule has 0 aliphatic carbocycles. The van der Waals surface area contributed by atoms with Crippen LogP contribution in [0.4, 0.5) is 5.69 Å². The number of cyclic esters (lactones) is 1. The van der Waals surface area contributed by atoms with Crippen LogP contribution in [0, 0.1) is 0 Å². The Labute approximate surface area is 203 Å². The van der Waals surface area contributed by atoms with Crippen LogP contribution < -0.4 is 17.0 Å². The van der Waals surface area contributed by atoms with Crippen molar-refractivity contribution < 1.29 is 19.1 Å². The highest BCUT2D eigenvalue weighted by atomic mass is 28.3. The third kappa shape index (κ3) is 3.39. The van der Waals surface area contributed by atoms with Gasteiger partial charge in [0.15, 0.2) is 0 Å². The monoisotopic (exact) mass is 492 g/mol. The molecule has 35 heavy (non-hydrogen) atoms. The highest BCUT2D eigenvalue weighted by Crippen LogP contribution is 2.46. The van der Waals surface area contributed by atoms with E-state index < -0.39 is 37.9 Å². The lowest BCUT2D eigenvalue weighted by molar-refractivity contribution is -0.189. The smallest absolute Gasteiger partial charge is 0.355 e. The predicted octanol–water partition coefficient (Wildman–Crippen LogP) is 2.59. The van der Waals surface area contributed by atoms with E-state index in [1.54, 1.807) is 23.6 Å². The molecule has 9 nitrogen and oxygen atoms in total. The number of carbonyl (C=O) groups is 2. The number of nitrogens with zero attached hydrogens (tertiary/aromatic N) is 2. The minimum Gasteiger partial charge on any atom is -0.458 e. The summed E-state index contributed by atoms with van der Waals surface area (Å²) in [7, 11) is -2.21. The predicted molar refractivity (Wildman–Crippen MR) is 134 cm³/mol. The van der Waals surface area contributed by atoms with Crippen LogP contribution in [-0.2, 0) is 31.2 Å². The molecule has 0 saturated heterocycles. The number of nitrogens with two attached hydrogens (primary N) is 2. The highest BCUT2D eigenvalue weighted by molar-refractivity contribution is 6.77. The molecule has 0 fully saturated rings. The molecule has 0 spiro atoms. The molecule has 182 valence electrons. The quantitative estimate of drug-likeness (QED) is 0.252. The van der Waals surface area contributed by atoms with Crippen molar-refractivity contribution in [3.63, 3.8) is 0 Å². The fourth-order valence-electron chi connectivity index (χ4n) is 5.07. The number of carbonyl (C=O) groups excluding carboxylic acids is 2. The summed E-state index contributed by atoms with van der Waals surface area (Å²) in [6.07, 6.45) is 0.100. The molecule has 10 heteroatoms. The number of rotatable bonds is 4. The molecule has 2 aromatic heterocycles. The van der Waals surface area contributed by atoms with E-state index in [9.17, 15) is 14.4 Å². The summed E-state index contributed by atoms with van der Waals surface area (Å²) in [5.74, 6) is -1.42. The molecule has 2 aliphatic rings. The van der Waals surface area contributed by atoms with Gasteiger partial charge in [0.1, 0.15) is 5.73 Å². The fraction of sp³-hybridized carbons (Fsp3) is 0.360. The van der Waals surface area contributed by atoms with Crippen molar-refractivity contribution in [1.29, 1.82) is 0 Å². The number of fused-ring (bicyclic) bond motifs is 5. The lowest BCUT2D eigenvalue weighted by Gasteiger charge is -2.42. The van der Waals surface area contributed by atoms with Gasteiger partial charge >= 0.3 is 11.9 Å². The number of hydrogen-bond acceptors (Lipinski definition) is 8. The van der Waals surface area contributed by atoms with Gasteiger partial charge in [0.2, 0.25) is 5.60 Å². The van der Waals surface area contributed by atoms with Crippen LogP contribution in [-0.4, -0.2) is 36.1 Å².